The van der Waals surface area contributed by atoms with Crippen LogP contribution < -0.4 is 0 Å². The average molecular weight is 279 g/mol. The molecule has 0 saturated heterocycles. The van der Waals surface area contributed by atoms with E-state index >= 15 is 0 Å². The molecular formula is C14H31O2Ti. The number of hydrogen-bond donors (Lipinski definition) is 1. The monoisotopic (exact) mass is 279 g/mol. The van der Waals surface area contributed by atoms with Gasteiger partial charge >= 0.3 is 21.7 Å². The van der Waals surface area contributed by atoms with Crippen LogP contribution in [0.2, 0.25) is 0 Å². The third-order valence-electron chi connectivity index (χ3n) is 1.06. The molecule has 17 heavy (non-hydrogen) atoms. The van der Waals surface area contributed by atoms with Gasteiger partial charge in [0.2, 0.25) is 0 Å². The molecule has 0 aromatic rings. The first-order valence-corrected chi connectivity index (χ1v) is 6.05. The summed E-state index contributed by atoms with van der Waals surface area (Å²) in [5, 5.41) is 7.42. The summed E-state index contributed by atoms with van der Waals surface area (Å²) in [6.07, 6.45) is 6.83. The molecule has 0 unspecified atom stereocenters. The number of hydrogen-bond acceptors (Lipinski definition) is 1. The molecule has 0 saturated carbocycles. The van der Waals surface area contributed by atoms with Gasteiger partial charge in [-0.2, -0.15) is 19.3 Å². The minimum atomic E-state index is -0.833. The van der Waals surface area contributed by atoms with Crippen molar-refractivity contribution in [3.8, 4) is 0 Å². The van der Waals surface area contributed by atoms with Crippen LogP contribution in [-0.2, 0) is 26.5 Å². The zero-order chi connectivity index (χ0) is 13.8. The van der Waals surface area contributed by atoms with Crippen molar-refractivity contribution in [2.75, 3.05) is 0 Å². The van der Waals surface area contributed by atoms with Gasteiger partial charge < -0.3 is 25.9 Å². The van der Waals surface area contributed by atoms with Gasteiger partial charge in [-0.1, -0.05) is 40.0 Å². The first-order chi connectivity index (χ1) is 7.47. The Kier molecular flexibility index (Phi) is 78.9. The second-order valence-corrected chi connectivity index (χ2v) is 3.08. The van der Waals surface area contributed by atoms with E-state index in [4.69, 9.17) is 9.90 Å². The molecule has 0 heterocycles. The fraction of sp³-hybridized carbons (Fsp3) is 0.714. The van der Waals surface area contributed by atoms with Gasteiger partial charge in [0.25, 0.3) is 5.97 Å². The first kappa shape index (κ1) is 30.3. The Hall–Kier alpha value is 0.184. The van der Waals surface area contributed by atoms with Crippen LogP contribution in [0.25, 0.3) is 0 Å². The number of carboxylic acids is 1. The molecule has 0 aliphatic carbocycles. The van der Waals surface area contributed by atoms with Crippen molar-refractivity contribution >= 4 is 5.97 Å². The maximum Gasteiger partial charge on any atom is 3.00 e. The van der Waals surface area contributed by atoms with Crippen molar-refractivity contribution in [3.05, 3.63) is 20.8 Å². The number of rotatable bonds is 3. The molecule has 3 heteroatoms. The van der Waals surface area contributed by atoms with Crippen LogP contribution in [0, 0.1) is 20.8 Å². The van der Waals surface area contributed by atoms with Crippen molar-refractivity contribution in [1.82, 2.24) is 0 Å². The molecule has 0 fully saturated rings. The number of unbranched alkanes of at least 4 members (excludes halogenated alkanes) is 3. The van der Waals surface area contributed by atoms with Gasteiger partial charge in [-0.3, -0.25) is 4.79 Å². The van der Waals surface area contributed by atoms with E-state index in [2.05, 4.69) is 41.5 Å². The van der Waals surface area contributed by atoms with Crippen molar-refractivity contribution < 1.29 is 31.6 Å². The predicted octanol–water partition coefficient (Wildman–Crippen LogP) is 4.95. The quantitative estimate of drug-likeness (QED) is 0.586. The summed E-state index contributed by atoms with van der Waals surface area (Å²) in [5.74, 6) is -0.833. The summed E-state index contributed by atoms with van der Waals surface area (Å²) in [7, 11) is 0. The molecule has 0 amide bonds. The number of carboxylic acid groups (broad SMARTS) is 1. The Labute approximate surface area is 124 Å². The third-order valence-corrected chi connectivity index (χ3v) is 1.06. The van der Waals surface area contributed by atoms with Crippen LogP contribution in [0.1, 0.15) is 66.2 Å². The summed E-state index contributed by atoms with van der Waals surface area (Å²) >= 11 is 0. The van der Waals surface area contributed by atoms with Gasteiger partial charge in [0.15, 0.2) is 0 Å². The maximum absolute atomic E-state index is 9.00. The van der Waals surface area contributed by atoms with E-state index < -0.39 is 5.97 Å². The van der Waals surface area contributed by atoms with E-state index in [1.54, 1.807) is 0 Å². The van der Waals surface area contributed by atoms with Crippen molar-refractivity contribution in [2.24, 2.45) is 0 Å². The molecule has 0 aliphatic rings. The summed E-state index contributed by atoms with van der Waals surface area (Å²) in [4.78, 5) is 9.00. The second kappa shape index (κ2) is 44.2. The zero-order valence-electron chi connectivity index (χ0n) is 12.2. The fourth-order valence-electron chi connectivity index (χ4n) is 0. The standard InChI is InChI=1S/3C4H9.C2H4O2.Ti/c3*1-3-4-2;1-2(3)4;/h3*1,3-4H2,2H3;1H3,(H,3,4);/q3*-1;;+3. The molecular weight excluding hydrogens is 248 g/mol. The van der Waals surface area contributed by atoms with E-state index in [0.29, 0.717) is 0 Å². The Bertz CT molecular complexity index is 76.7. The van der Waals surface area contributed by atoms with Crippen molar-refractivity contribution in [1.29, 1.82) is 0 Å². The molecule has 2 nitrogen and oxygen atoms in total. The number of aliphatic carboxylic acids is 1. The van der Waals surface area contributed by atoms with Gasteiger partial charge in [-0.15, -0.1) is 0 Å². The summed E-state index contributed by atoms with van der Waals surface area (Å²) in [5.41, 5.74) is 0. The van der Waals surface area contributed by atoms with Gasteiger partial charge in [0, 0.05) is 6.92 Å². The number of carbonyl (C=O) groups is 1. The molecule has 1 radical (unpaired) electrons. The third kappa shape index (κ3) is 321. The van der Waals surface area contributed by atoms with Crippen LogP contribution in [0.4, 0.5) is 0 Å². The van der Waals surface area contributed by atoms with E-state index in [0.717, 1.165) is 26.2 Å². The van der Waals surface area contributed by atoms with Crippen LogP contribution in [-0.4, -0.2) is 11.1 Å². The first-order valence-electron chi connectivity index (χ1n) is 6.05. The van der Waals surface area contributed by atoms with E-state index in [-0.39, 0.29) is 21.7 Å². The average Bonchev–Trinajstić information content (AvgIpc) is 2.28. The van der Waals surface area contributed by atoms with Gasteiger partial charge in [-0.05, 0) is 0 Å². The molecule has 0 aromatic heterocycles. The molecule has 0 bridgehead atoms. The Morgan fingerprint density at radius 2 is 0.941 bits per heavy atom. The van der Waals surface area contributed by atoms with Crippen molar-refractivity contribution in [2.45, 2.75) is 66.2 Å². The summed E-state index contributed by atoms with van der Waals surface area (Å²) in [6.45, 7) is 18.2. The van der Waals surface area contributed by atoms with Gasteiger partial charge in [0.1, 0.15) is 0 Å². The van der Waals surface area contributed by atoms with E-state index in [9.17, 15) is 0 Å². The van der Waals surface area contributed by atoms with Crippen LogP contribution in [0.15, 0.2) is 0 Å². The van der Waals surface area contributed by atoms with Crippen LogP contribution in [0.5, 0.6) is 0 Å². The second-order valence-electron chi connectivity index (χ2n) is 3.08. The minimum Gasteiger partial charge on any atom is -0.481 e. The summed E-state index contributed by atoms with van der Waals surface area (Å²) in [6, 6.07) is 0. The zero-order valence-corrected chi connectivity index (χ0v) is 13.8. The Morgan fingerprint density at radius 1 is 0.882 bits per heavy atom. The Balaban J connectivity index is -0.0000000369. The molecule has 0 spiro atoms. The molecule has 0 aliphatic heterocycles. The largest absolute Gasteiger partial charge is 3.00 e. The van der Waals surface area contributed by atoms with Crippen LogP contribution >= 0.6 is 0 Å². The normalized spacial score (nSPS) is 6.76. The van der Waals surface area contributed by atoms with Gasteiger partial charge in [-0.25, -0.2) is 0 Å². The maximum atomic E-state index is 9.00. The van der Waals surface area contributed by atoms with Crippen molar-refractivity contribution in [3.63, 3.8) is 0 Å². The molecule has 1 N–H and O–H groups in total. The molecule has 0 aromatic carbocycles. The van der Waals surface area contributed by atoms with Crippen LogP contribution in [0.3, 0.4) is 0 Å². The molecule has 0 rings (SSSR count). The summed E-state index contributed by atoms with van der Waals surface area (Å²) < 4.78 is 0. The minimum absolute atomic E-state index is 0. The topological polar surface area (TPSA) is 37.3 Å². The van der Waals surface area contributed by atoms with Gasteiger partial charge in [0.05, 0.1) is 0 Å². The SMILES string of the molecule is CC(=O)O.[CH2-]CCC.[CH2-]CCC.[CH2-]CCC.[Ti+3]. The van der Waals surface area contributed by atoms with E-state index in [1.807, 2.05) is 0 Å². The predicted molar refractivity (Wildman–Crippen MR) is 74.1 cm³/mol. The molecule has 0 atom stereocenters. The van der Waals surface area contributed by atoms with E-state index in [1.165, 1.54) is 19.3 Å². The fourth-order valence-corrected chi connectivity index (χ4v) is 0. The smallest absolute Gasteiger partial charge is 0.481 e. The Morgan fingerprint density at radius 3 is 0.941 bits per heavy atom. The molecule has 103 valence electrons.